The molecule has 0 saturated heterocycles. The number of nitrogens with two attached hydrogens (primary N) is 2. The van der Waals surface area contributed by atoms with E-state index in [1.165, 1.54) is 0 Å². The van der Waals surface area contributed by atoms with Crippen LogP contribution in [0.3, 0.4) is 0 Å². The first kappa shape index (κ1) is 10.5. The molecule has 0 aromatic carbocycles. The van der Waals surface area contributed by atoms with Crippen LogP contribution >= 0.6 is 0 Å². The maximum atomic E-state index is 11.6. The van der Waals surface area contributed by atoms with Crippen molar-refractivity contribution in [1.29, 1.82) is 0 Å². The molecule has 1 aliphatic carbocycles. The van der Waals surface area contributed by atoms with Crippen molar-refractivity contribution in [2.75, 3.05) is 14.1 Å². The van der Waals surface area contributed by atoms with Gasteiger partial charge < -0.3 is 16.4 Å². The zero-order valence-electron chi connectivity index (χ0n) is 8.36. The van der Waals surface area contributed by atoms with Crippen LogP contribution in [0, 0.1) is 5.92 Å². The first-order valence-corrected chi connectivity index (χ1v) is 4.74. The number of carbonyl (C=O) groups excluding carboxylic acids is 1. The van der Waals surface area contributed by atoms with E-state index in [1.807, 2.05) is 0 Å². The molecule has 1 amide bonds. The second-order valence-corrected chi connectivity index (χ2v) is 4.07. The van der Waals surface area contributed by atoms with E-state index in [-0.39, 0.29) is 23.9 Å². The van der Waals surface area contributed by atoms with Crippen molar-refractivity contribution in [1.82, 2.24) is 4.90 Å². The van der Waals surface area contributed by atoms with E-state index in [0.29, 0.717) is 0 Å². The molecule has 0 bridgehead atoms. The van der Waals surface area contributed by atoms with Crippen LogP contribution in [0.15, 0.2) is 0 Å². The van der Waals surface area contributed by atoms with Gasteiger partial charge in [-0.25, -0.2) is 0 Å². The molecule has 4 nitrogen and oxygen atoms in total. The van der Waals surface area contributed by atoms with E-state index < -0.39 is 0 Å². The van der Waals surface area contributed by atoms with E-state index in [2.05, 4.69) is 0 Å². The molecule has 1 fully saturated rings. The number of rotatable bonds is 1. The van der Waals surface area contributed by atoms with Crippen molar-refractivity contribution >= 4 is 5.91 Å². The topological polar surface area (TPSA) is 72.3 Å². The molecule has 0 radical (unpaired) electrons. The minimum atomic E-state index is -0.0114. The number of hydrogen-bond donors (Lipinski definition) is 2. The van der Waals surface area contributed by atoms with E-state index in [9.17, 15) is 4.79 Å². The Hall–Kier alpha value is -0.610. The molecule has 0 heterocycles. The lowest BCUT2D eigenvalue weighted by molar-refractivity contribution is -0.134. The quantitative estimate of drug-likeness (QED) is 0.580. The third-order valence-corrected chi connectivity index (χ3v) is 2.75. The molecule has 1 rings (SSSR count). The summed E-state index contributed by atoms with van der Waals surface area (Å²) >= 11 is 0. The fourth-order valence-corrected chi connectivity index (χ4v) is 1.82. The Morgan fingerprint density at radius 2 is 1.85 bits per heavy atom. The lowest BCUT2D eigenvalue weighted by atomic mass is 9.82. The average Bonchev–Trinajstić information content (AvgIpc) is 2.08. The summed E-state index contributed by atoms with van der Waals surface area (Å²) in [5.74, 6) is 0.271. The molecule has 1 aliphatic rings. The van der Waals surface area contributed by atoms with Crippen molar-refractivity contribution in [3.8, 4) is 0 Å². The Kier molecular flexibility index (Phi) is 3.27. The van der Waals surface area contributed by atoms with Crippen molar-refractivity contribution in [2.45, 2.75) is 31.3 Å². The fourth-order valence-electron chi connectivity index (χ4n) is 1.82. The van der Waals surface area contributed by atoms with Crippen LogP contribution in [0.5, 0.6) is 0 Å². The van der Waals surface area contributed by atoms with Crippen molar-refractivity contribution in [3.63, 3.8) is 0 Å². The van der Waals surface area contributed by atoms with Gasteiger partial charge in [0.2, 0.25) is 5.91 Å². The highest BCUT2D eigenvalue weighted by atomic mass is 16.2. The summed E-state index contributed by atoms with van der Waals surface area (Å²) in [7, 11) is 3.56. The lowest BCUT2D eigenvalue weighted by Gasteiger charge is -2.32. The highest BCUT2D eigenvalue weighted by Crippen LogP contribution is 2.23. The average molecular weight is 185 g/mol. The van der Waals surface area contributed by atoms with Gasteiger partial charge in [0.15, 0.2) is 0 Å². The molecule has 4 N–H and O–H groups in total. The number of hydrogen-bond acceptors (Lipinski definition) is 3. The van der Waals surface area contributed by atoms with E-state index >= 15 is 0 Å². The molecule has 0 aliphatic heterocycles. The molecule has 0 spiro atoms. The number of amides is 1. The molecule has 3 atom stereocenters. The summed E-state index contributed by atoms with van der Waals surface area (Å²) in [6.45, 7) is 0. The molecule has 4 heteroatoms. The minimum Gasteiger partial charge on any atom is -0.349 e. The Morgan fingerprint density at radius 3 is 2.31 bits per heavy atom. The molecule has 0 aromatic heterocycles. The van der Waals surface area contributed by atoms with Crippen LogP contribution in [0.25, 0.3) is 0 Å². The van der Waals surface area contributed by atoms with Crippen LogP contribution in [-0.4, -0.2) is 37.0 Å². The van der Waals surface area contributed by atoms with Gasteiger partial charge in [0, 0.05) is 32.1 Å². The van der Waals surface area contributed by atoms with Crippen molar-refractivity contribution < 1.29 is 4.79 Å². The standard InChI is InChI=1S/C9H19N3O/c1-12(2)9(13)6-3-4-7(10)8(11)5-6/h6-8H,3-5,10-11H2,1-2H3. The maximum absolute atomic E-state index is 11.6. The van der Waals surface area contributed by atoms with Gasteiger partial charge in [0.05, 0.1) is 0 Å². The minimum absolute atomic E-state index is 0.0114. The van der Waals surface area contributed by atoms with Crippen LogP contribution in [-0.2, 0) is 4.79 Å². The van der Waals surface area contributed by atoms with Gasteiger partial charge >= 0.3 is 0 Å². The molecule has 0 aromatic rings. The van der Waals surface area contributed by atoms with Crippen LogP contribution in [0.1, 0.15) is 19.3 Å². The van der Waals surface area contributed by atoms with Crippen LogP contribution in [0.4, 0.5) is 0 Å². The summed E-state index contributed by atoms with van der Waals surface area (Å²) in [4.78, 5) is 13.2. The summed E-state index contributed by atoms with van der Waals surface area (Å²) in [5.41, 5.74) is 11.6. The molecule has 76 valence electrons. The van der Waals surface area contributed by atoms with Crippen LogP contribution < -0.4 is 11.5 Å². The predicted octanol–water partition coefficient (Wildman–Crippen LogP) is -0.471. The summed E-state index contributed by atoms with van der Waals surface area (Å²) in [6, 6.07) is 0.0638. The zero-order valence-corrected chi connectivity index (χ0v) is 8.36. The Balaban J connectivity index is 2.50. The van der Waals surface area contributed by atoms with Gasteiger partial charge in [-0.1, -0.05) is 0 Å². The highest BCUT2D eigenvalue weighted by Gasteiger charge is 2.30. The second kappa shape index (κ2) is 4.07. The SMILES string of the molecule is CN(C)C(=O)C1CCC(N)C(N)C1. The van der Waals surface area contributed by atoms with Crippen molar-refractivity contribution in [3.05, 3.63) is 0 Å². The largest absolute Gasteiger partial charge is 0.349 e. The summed E-state index contributed by atoms with van der Waals surface area (Å²) in [5, 5.41) is 0. The van der Waals surface area contributed by atoms with Gasteiger partial charge in [-0.2, -0.15) is 0 Å². The first-order chi connectivity index (χ1) is 6.02. The van der Waals surface area contributed by atoms with E-state index in [1.54, 1.807) is 19.0 Å². The molecule has 3 unspecified atom stereocenters. The highest BCUT2D eigenvalue weighted by molar-refractivity contribution is 5.78. The van der Waals surface area contributed by atoms with Gasteiger partial charge in [0.25, 0.3) is 0 Å². The van der Waals surface area contributed by atoms with E-state index in [0.717, 1.165) is 19.3 Å². The summed E-state index contributed by atoms with van der Waals surface area (Å²) in [6.07, 6.45) is 2.48. The third-order valence-electron chi connectivity index (χ3n) is 2.75. The lowest BCUT2D eigenvalue weighted by Crippen LogP contribution is -2.48. The smallest absolute Gasteiger partial charge is 0.225 e. The summed E-state index contributed by atoms with van der Waals surface area (Å²) < 4.78 is 0. The molecule has 1 saturated carbocycles. The van der Waals surface area contributed by atoms with Gasteiger partial charge in [-0.15, -0.1) is 0 Å². The second-order valence-electron chi connectivity index (χ2n) is 4.07. The fraction of sp³-hybridized carbons (Fsp3) is 0.889. The molecular weight excluding hydrogens is 166 g/mol. The van der Waals surface area contributed by atoms with Gasteiger partial charge in [0.1, 0.15) is 0 Å². The third kappa shape index (κ3) is 2.42. The Morgan fingerprint density at radius 1 is 1.23 bits per heavy atom. The zero-order chi connectivity index (χ0) is 10.0. The first-order valence-electron chi connectivity index (χ1n) is 4.74. The Labute approximate surface area is 79.3 Å². The number of carbonyl (C=O) groups is 1. The van der Waals surface area contributed by atoms with Gasteiger partial charge in [-0.3, -0.25) is 4.79 Å². The normalized spacial score (nSPS) is 34.3. The number of nitrogens with zero attached hydrogens (tertiary/aromatic N) is 1. The van der Waals surface area contributed by atoms with Gasteiger partial charge in [-0.05, 0) is 19.3 Å². The predicted molar refractivity (Wildman–Crippen MR) is 52.0 cm³/mol. The van der Waals surface area contributed by atoms with Crippen LogP contribution in [0.2, 0.25) is 0 Å². The Bertz CT molecular complexity index is 193. The van der Waals surface area contributed by atoms with Crippen molar-refractivity contribution in [2.24, 2.45) is 17.4 Å². The molecular formula is C9H19N3O. The molecule has 13 heavy (non-hydrogen) atoms. The maximum Gasteiger partial charge on any atom is 0.225 e. The monoisotopic (exact) mass is 185 g/mol. The van der Waals surface area contributed by atoms with E-state index in [4.69, 9.17) is 11.5 Å².